The van der Waals surface area contributed by atoms with E-state index in [1.165, 1.54) is 76.2 Å². The molecule has 33 heavy (non-hydrogen) atoms. The summed E-state index contributed by atoms with van der Waals surface area (Å²) < 4.78 is 6.49. The molecule has 0 aliphatic heterocycles. The highest BCUT2D eigenvalue weighted by molar-refractivity contribution is 5.38. The highest BCUT2D eigenvalue weighted by atomic mass is 16.5. The van der Waals surface area contributed by atoms with Gasteiger partial charge in [0.25, 0.3) is 0 Å². The van der Waals surface area contributed by atoms with E-state index >= 15 is 0 Å². The van der Waals surface area contributed by atoms with Gasteiger partial charge in [0.1, 0.15) is 5.60 Å². The largest absolute Gasteiger partial charge is 0.362 e. The highest BCUT2D eigenvalue weighted by Gasteiger charge is 2.38. The first kappa shape index (κ1) is 28.0. The standard InChI is InChI=1S/C30H46O.C2H6/c1-4-6-8-9-26-14-16-28(17-15-26)29-19-22-30(23-20-29,31-24-7-5-2)21-18-27-12-10-25(3)11-13-27;1-2/h10-13,26,28-29H,4-9,14-17,19-20,22-24H2,1-3H3;1-2H3. The fourth-order valence-electron chi connectivity index (χ4n) is 5.75. The van der Waals surface area contributed by atoms with Gasteiger partial charge in [0.2, 0.25) is 0 Å². The van der Waals surface area contributed by atoms with E-state index in [0.29, 0.717) is 0 Å². The predicted octanol–water partition coefficient (Wildman–Crippen LogP) is 9.51. The molecule has 186 valence electrons. The Balaban J connectivity index is 0.00000187. The van der Waals surface area contributed by atoms with Crippen LogP contribution < -0.4 is 0 Å². The molecule has 1 heteroatoms. The van der Waals surface area contributed by atoms with E-state index in [1.807, 2.05) is 13.8 Å². The van der Waals surface area contributed by atoms with Crippen molar-refractivity contribution in [3.8, 4) is 11.8 Å². The summed E-state index contributed by atoms with van der Waals surface area (Å²) in [5, 5.41) is 0. The van der Waals surface area contributed by atoms with Crippen LogP contribution in [0, 0.1) is 36.5 Å². The molecule has 2 fully saturated rings. The molecule has 1 aromatic carbocycles. The maximum Gasteiger partial charge on any atom is 0.129 e. The van der Waals surface area contributed by atoms with Crippen molar-refractivity contribution in [3.63, 3.8) is 0 Å². The van der Waals surface area contributed by atoms with Crippen molar-refractivity contribution in [2.24, 2.45) is 17.8 Å². The Bertz CT molecular complexity index is 675. The molecule has 2 aliphatic carbocycles. The second-order valence-corrected chi connectivity index (χ2v) is 10.4. The van der Waals surface area contributed by atoms with Gasteiger partial charge in [0.05, 0.1) is 0 Å². The Morgan fingerprint density at radius 2 is 1.42 bits per heavy atom. The molecule has 0 N–H and O–H groups in total. The van der Waals surface area contributed by atoms with Crippen molar-refractivity contribution < 1.29 is 4.74 Å². The van der Waals surface area contributed by atoms with Crippen LogP contribution in [0.3, 0.4) is 0 Å². The number of rotatable bonds is 9. The van der Waals surface area contributed by atoms with E-state index in [-0.39, 0.29) is 5.60 Å². The van der Waals surface area contributed by atoms with Crippen molar-refractivity contribution in [1.82, 2.24) is 0 Å². The lowest BCUT2D eigenvalue weighted by Gasteiger charge is -2.41. The minimum absolute atomic E-state index is 0.214. The molecule has 0 unspecified atom stereocenters. The third kappa shape index (κ3) is 9.48. The second-order valence-electron chi connectivity index (χ2n) is 10.4. The molecule has 2 aliphatic rings. The minimum atomic E-state index is -0.214. The van der Waals surface area contributed by atoms with E-state index < -0.39 is 0 Å². The molecular formula is C32H52O. The number of unbranched alkanes of at least 4 members (excludes halogenated alkanes) is 3. The summed E-state index contributed by atoms with van der Waals surface area (Å²) in [6.45, 7) is 11.5. The van der Waals surface area contributed by atoms with Crippen molar-refractivity contribution in [1.29, 1.82) is 0 Å². The molecule has 1 aromatic rings. The van der Waals surface area contributed by atoms with Crippen molar-refractivity contribution in [3.05, 3.63) is 35.4 Å². The van der Waals surface area contributed by atoms with E-state index in [0.717, 1.165) is 49.2 Å². The SMILES string of the molecule is CC.CCCCCC1CCC(C2CCC(C#Cc3ccc(C)cc3)(OCCCC)CC2)CC1. The molecule has 0 heterocycles. The Kier molecular flexibility index (Phi) is 13.2. The molecule has 0 bridgehead atoms. The monoisotopic (exact) mass is 452 g/mol. The summed E-state index contributed by atoms with van der Waals surface area (Å²) in [5.41, 5.74) is 2.20. The van der Waals surface area contributed by atoms with E-state index in [4.69, 9.17) is 4.74 Å². The third-order valence-corrected chi connectivity index (χ3v) is 7.97. The maximum absolute atomic E-state index is 6.49. The molecule has 0 radical (unpaired) electrons. The second kappa shape index (κ2) is 15.6. The zero-order valence-electron chi connectivity index (χ0n) is 22.6. The molecule has 0 saturated heterocycles. The van der Waals surface area contributed by atoms with Gasteiger partial charge in [0, 0.05) is 12.2 Å². The van der Waals surface area contributed by atoms with Crippen LogP contribution in [0.25, 0.3) is 0 Å². The Morgan fingerprint density at radius 3 is 2.03 bits per heavy atom. The normalized spacial score (nSPS) is 27.1. The Hall–Kier alpha value is -1.26. The average Bonchev–Trinajstić information content (AvgIpc) is 2.86. The van der Waals surface area contributed by atoms with Crippen LogP contribution in [0.1, 0.15) is 129 Å². The number of ether oxygens (including phenoxy) is 1. The molecule has 1 nitrogen and oxygen atoms in total. The van der Waals surface area contributed by atoms with Crippen molar-refractivity contribution >= 4 is 0 Å². The summed E-state index contributed by atoms with van der Waals surface area (Å²) >= 11 is 0. The minimum Gasteiger partial charge on any atom is -0.362 e. The zero-order chi connectivity index (χ0) is 23.9. The molecule has 0 atom stereocenters. The lowest BCUT2D eigenvalue weighted by molar-refractivity contribution is -0.0438. The summed E-state index contributed by atoms with van der Waals surface area (Å²) in [7, 11) is 0. The summed E-state index contributed by atoms with van der Waals surface area (Å²) in [4.78, 5) is 0. The summed E-state index contributed by atoms with van der Waals surface area (Å²) in [6, 6.07) is 8.60. The Labute approximate surface area is 206 Å². The number of benzene rings is 1. The van der Waals surface area contributed by atoms with Gasteiger partial charge in [0.15, 0.2) is 0 Å². The number of hydrogen-bond donors (Lipinski definition) is 0. The van der Waals surface area contributed by atoms with Gasteiger partial charge in [-0.05, 0) is 81.8 Å². The number of aryl methyl sites for hydroxylation is 1. The van der Waals surface area contributed by atoms with Gasteiger partial charge in [-0.25, -0.2) is 0 Å². The summed E-state index contributed by atoms with van der Waals surface area (Å²) in [5.74, 6) is 9.96. The van der Waals surface area contributed by atoms with E-state index in [2.05, 4.69) is 56.9 Å². The Morgan fingerprint density at radius 1 is 0.818 bits per heavy atom. The van der Waals surface area contributed by atoms with Crippen molar-refractivity contribution in [2.75, 3.05) is 6.61 Å². The topological polar surface area (TPSA) is 9.23 Å². The van der Waals surface area contributed by atoms with Crippen LogP contribution in [0.15, 0.2) is 24.3 Å². The lowest BCUT2D eigenvalue weighted by atomic mass is 9.67. The van der Waals surface area contributed by atoms with Gasteiger partial charge in [-0.1, -0.05) is 102 Å². The predicted molar refractivity (Wildman–Crippen MR) is 145 cm³/mol. The highest BCUT2D eigenvalue weighted by Crippen LogP contribution is 2.44. The third-order valence-electron chi connectivity index (χ3n) is 7.97. The van der Waals surface area contributed by atoms with Crippen LogP contribution in [0.4, 0.5) is 0 Å². The first-order valence-electron chi connectivity index (χ1n) is 14.4. The fraction of sp³-hybridized carbons (Fsp3) is 0.750. The zero-order valence-corrected chi connectivity index (χ0v) is 22.6. The van der Waals surface area contributed by atoms with Crippen LogP contribution in [0.5, 0.6) is 0 Å². The van der Waals surface area contributed by atoms with Crippen LogP contribution >= 0.6 is 0 Å². The molecule has 0 amide bonds. The summed E-state index contributed by atoms with van der Waals surface area (Å²) in [6.07, 6.45) is 18.8. The first-order chi connectivity index (χ1) is 16.1. The van der Waals surface area contributed by atoms with E-state index in [9.17, 15) is 0 Å². The van der Waals surface area contributed by atoms with Crippen LogP contribution in [-0.2, 0) is 4.74 Å². The van der Waals surface area contributed by atoms with Crippen LogP contribution in [-0.4, -0.2) is 12.2 Å². The number of hydrogen-bond acceptors (Lipinski definition) is 1. The first-order valence-corrected chi connectivity index (χ1v) is 14.4. The molecule has 0 spiro atoms. The lowest BCUT2D eigenvalue weighted by Crippen LogP contribution is -2.38. The molecular weight excluding hydrogens is 400 g/mol. The average molecular weight is 453 g/mol. The van der Waals surface area contributed by atoms with Gasteiger partial charge in [-0.3, -0.25) is 0 Å². The van der Waals surface area contributed by atoms with Gasteiger partial charge in [-0.15, -0.1) is 0 Å². The van der Waals surface area contributed by atoms with Gasteiger partial charge >= 0.3 is 0 Å². The van der Waals surface area contributed by atoms with E-state index in [1.54, 1.807) is 0 Å². The molecule has 3 rings (SSSR count). The van der Waals surface area contributed by atoms with Gasteiger partial charge in [-0.2, -0.15) is 0 Å². The van der Waals surface area contributed by atoms with Gasteiger partial charge < -0.3 is 4.74 Å². The molecule has 0 aromatic heterocycles. The smallest absolute Gasteiger partial charge is 0.129 e. The maximum atomic E-state index is 6.49. The quantitative estimate of drug-likeness (QED) is 0.268. The van der Waals surface area contributed by atoms with Crippen LogP contribution in [0.2, 0.25) is 0 Å². The van der Waals surface area contributed by atoms with Crippen molar-refractivity contribution in [2.45, 2.75) is 130 Å². The molecule has 2 saturated carbocycles. The fourth-order valence-corrected chi connectivity index (χ4v) is 5.75.